The number of nitrogens with zero attached hydrogens (tertiary/aromatic N) is 1. The lowest BCUT2D eigenvalue weighted by Crippen LogP contribution is -2.69. The van der Waals surface area contributed by atoms with E-state index in [1.54, 1.807) is 37.3 Å². The Bertz CT molecular complexity index is 534. The number of nitrogens with two attached hydrogens (primary N) is 1. The maximum absolute atomic E-state index is 12.5. The summed E-state index contributed by atoms with van der Waals surface area (Å²) >= 11 is 0. The third kappa shape index (κ3) is 2.12. The highest BCUT2D eigenvalue weighted by atomic mass is 16.5. The molecule has 20 heavy (non-hydrogen) atoms. The van der Waals surface area contributed by atoms with Gasteiger partial charge in [-0.05, 0) is 30.9 Å². The first-order valence-electron chi connectivity index (χ1n) is 6.87. The quantitative estimate of drug-likeness (QED) is 0.899. The molecule has 1 heterocycles. The molecule has 2 N–H and O–H groups in total. The zero-order chi connectivity index (χ0) is 14.3. The number of rotatable bonds is 4. The highest BCUT2D eigenvalue weighted by molar-refractivity contribution is 5.97. The van der Waals surface area contributed by atoms with Crippen molar-refractivity contribution >= 4 is 5.91 Å². The van der Waals surface area contributed by atoms with Crippen LogP contribution >= 0.6 is 0 Å². The number of hydrogen-bond acceptors (Lipinski definition) is 4. The van der Waals surface area contributed by atoms with E-state index in [0.717, 1.165) is 0 Å². The van der Waals surface area contributed by atoms with Crippen molar-refractivity contribution in [2.24, 2.45) is 11.7 Å². The van der Waals surface area contributed by atoms with Crippen molar-refractivity contribution in [2.75, 3.05) is 27.3 Å². The van der Waals surface area contributed by atoms with Crippen LogP contribution in [0, 0.1) is 5.92 Å². The highest BCUT2D eigenvalue weighted by Gasteiger charge is 2.51. The first kappa shape index (κ1) is 13.2. The van der Waals surface area contributed by atoms with Gasteiger partial charge >= 0.3 is 0 Å². The molecule has 0 bridgehead atoms. The lowest BCUT2D eigenvalue weighted by atomic mass is 9.85. The molecular weight excluding hydrogens is 256 g/mol. The summed E-state index contributed by atoms with van der Waals surface area (Å²) in [5, 5.41) is 0. The molecule has 2 fully saturated rings. The largest absolute Gasteiger partial charge is 0.497 e. The Morgan fingerprint density at radius 3 is 2.55 bits per heavy atom. The molecule has 1 saturated carbocycles. The maximum atomic E-state index is 12.5. The van der Waals surface area contributed by atoms with Gasteiger partial charge in [-0.15, -0.1) is 0 Å². The Kier molecular flexibility index (Phi) is 3.09. The molecule has 1 aliphatic heterocycles. The van der Waals surface area contributed by atoms with E-state index in [1.807, 2.05) is 0 Å². The molecule has 0 atom stereocenters. The molecule has 1 saturated heterocycles. The summed E-state index contributed by atoms with van der Waals surface area (Å²) in [5.74, 6) is 1.79. The van der Waals surface area contributed by atoms with Crippen LogP contribution in [0.15, 0.2) is 18.2 Å². The van der Waals surface area contributed by atoms with Gasteiger partial charge in [0, 0.05) is 19.2 Å². The molecule has 1 aromatic rings. The van der Waals surface area contributed by atoms with E-state index >= 15 is 0 Å². The van der Waals surface area contributed by atoms with Crippen LogP contribution in [0.1, 0.15) is 23.2 Å². The summed E-state index contributed by atoms with van der Waals surface area (Å²) in [4.78, 5) is 14.3. The molecule has 0 aromatic heterocycles. The predicted molar refractivity (Wildman–Crippen MR) is 75.1 cm³/mol. The van der Waals surface area contributed by atoms with Gasteiger partial charge in [-0.25, -0.2) is 0 Å². The number of hydrogen-bond donors (Lipinski definition) is 1. The molecule has 1 aromatic carbocycles. The molecule has 0 radical (unpaired) electrons. The van der Waals surface area contributed by atoms with Gasteiger partial charge < -0.3 is 20.1 Å². The van der Waals surface area contributed by atoms with E-state index in [1.165, 1.54) is 12.8 Å². The highest BCUT2D eigenvalue weighted by Crippen LogP contribution is 2.43. The van der Waals surface area contributed by atoms with Gasteiger partial charge in [-0.1, -0.05) is 0 Å². The minimum absolute atomic E-state index is 0.0220. The third-order valence-electron chi connectivity index (χ3n) is 4.29. The Labute approximate surface area is 118 Å². The first-order valence-corrected chi connectivity index (χ1v) is 6.87. The van der Waals surface area contributed by atoms with Gasteiger partial charge in [-0.3, -0.25) is 4.79 Å². The predicted octanol–water partition coefficient (Wildman–Crippen LogP) is 1.27. The number of likely N-dealkylation sites (tertiary alicyclic amines) is 1. The van der Waals surface area contributed by atoms with Crippen LogP contribution in [-0.2, 0) is 0 Å². The normalized spacial score (nSPS) is 20.2. The van der Waals surface area contributed by atoms with Crippen LogP contribution in [0.3, 0.4) is 0 Å². The average Bonchev–Trinajstić information content (AvgIpc) is 3.27. The smallest absolute Gasteiger partial charge is 0.257 e. The summed E-state index contributed by atoms with van der Waals surface area (Å²) < 4.78 is 10.4. The van der Waals surface area contributed by atoms with E-state index < -0.39 is 0 Å². The van der Waals surface area contributed by atoms with Gasteiger partial charge in [0.25, 0.3) is 5.91 Å². The average molecular weight is 276 g/mol. The van der Waals surface area contributed by atoms with Crippen LogP contribution in [0.25, 0.3) is 0 Å². The number of methoxy groups -OCH3 is 2. The number of carbonyl (C=O) groups excluding carboxylic acids is 1. The van der Waals surface area contributed by atoms with E-state index in [2.05, 4.69) is 0 Å². The lowest BCUT2D eigenvalue weighted by molar-refractivity contribution is 0.0347. The maximum Gasteiger partial charge on any atom is 0.257 e. The lowest BCUT2D eigenvalue weighted by Gasteiger charge is -2.48. The van der Waals surface area contributed by atoms with Crippen molar-refractivity contribution in [2.45, 2.75) is 18.4 Å². The van der Waals surface area contributed by atoms with Crippen LogP contribution in [0.5, 0.6) is 11.5 Å². The van der Waals surface area contributed by atoms with Gasteiger partial charge in [0.05, 0.1) is 25.3 Å². The van der Waals surface area contributed by atoms with Crippen LogP contribution in [0.4, 0.5) is 0 Å². The Hall–Kier alpha value is -1.75. The molecule has 2 aliphatic rings. The van der Waals surface area contributed by atoms with Crippen molar-refractivity contribution in [3.8, 4) is 11.5 Å². The monoisotopic (exact) mass is 276 g/mol. The SMILES string of the molecule is COc1ccc(C(=O)N2CC(N)(C3CC3)C2)c(OC)c1. The van der Waals surface area contributed by atoms with Crippen molar-refractivity contribution < 1.29 is 14.3 Å². The van der Waals surface area contributed by atoms with Crippen LogP contribution in [-0.4, -0.2) is 43.7 Å². The molecule has 1 aliphatic carbocycles. The molecule has 0 spiro atoms. The second kappa shape index (κ2) is 4.66. The van der Waals surface area contributed by atoms with E-state index in [-0.39, 0.29) is 11.4 Å². The van der Waals surface area contributed by atoms with Crippen molar-refractivity contribution in [3.63, 3.8) is 0 Å². The molecule has 108 valence electrons. The van der Waals surface area contributed by atoms with Crippen molar-refractivity contribution in [1.29, 1.82) is 0 Å². The minimum Gasteiger partial charge on any atom is -0.497 e. The number of amides is 1. The van der Waals surface area contributed by atoms with E-state index in [9.17, 15) is 4.79 Å². The molecule has 0 unspecified atom stereocenters. The zero-order valence-corrected chi connectivity index (χ0v) is 11.9. The van der Waals surface area contributed by atoms with Crippen molar-refractivity contribution in [1.82, 2.24) is 4.90 Å². The summed E-state index contributed by atoms with van der Waals surface area (Å²) in [6.45, 7) is 1.29. The number of carbonyl (C=O) groups is 1. The zero-order valence-electron chi connectivity index (χ0n) is 11.9. The first-order chi connectivity index (χ1) is 9.57. The Morgan fingerprint density at radius 1 is 1.30 bits per heavy atom. The summed E-state index contributed by atoms with van der Waals surface area (Å²) in [6.07, 6.45) is 2.40. The Balaban J connectivity index is 1.74. The van der Waals surface area contributed by atoms with Gasteiger partial charge in [-0.2, -0.15) is 0 Å². The molecule has 5 heteroatoms. The molecule has 5 nitrogen and oxygen atoms in total. The second-order valence-corrected chi connectivity index (χ2v) is 5.73. The van der Waals surface area contributed by atoms with Gasteiger partial charge in [0.1, 0.15) is 11.5 Å². The fraction of sp³-hybridized carbons (Fsp3) is 0.533. The standard InChI is InChI=1S/C15H20N2O3/c1-19-11-5-6-12(13(7-11)20-2)14(18)17-8-15(16,9-17)10-3-4-10/h5-7,10H,3-4,8-9,16H2,1-2H3. The van der Waals surface area contributed by atoms with E-state index in [0.29, 0.717) is 36.1 Å². The minimum atomic E-state index is -0.157. The number of benzene rings is 1. The van der Waals surface area contributed by atoms with Gasteiger partial charge in [0.2, 0.25) is 0 Å². The van der Waals surface area contributed by atoms with E-state index in [4.69, 9.17) is 15.2 Å². The topological polar surface area (TPSA) is 64.8 Å². The molecule has 3 rings (SSSR count). The fourth-order valence-electron chi connectivity index (χ4n) is 2.87. The van der Waals surface area contributed by atoms with Crippen LogP contribution < -0.4 is 15.2 Å². The summed E-state index contributed by atoms with van der Waals surface area (Å²) in [6, 6.07) is 5.24. The Morgan fingerprint density at radius 2 is 2.00 bits per heavy atom. The summed E-state index contributed by atoms with van der Waals surface area (Å²) in [5.41, 5.74) is 6.69. The van der Waals surface area contributed by atoms with Gasteiger partial charge in [0.15, 0.2) is 0 Å². The molecule has 1 amide bonds. The summed E-state index contributed by atoms with van der Waals surface area (Å²) in [7, 11) is 3.14. The third-order valence-corrected chi connectivity index (χ3v) is 4.29. The fourth-order valence-corrected chi connectivity index (χ4v) is 2.87. The molecular formula is C15H20N2O3. The van der Waals surface area contributed by atoms with Crippen LogP contribution in [0.2, 0.25) is 0 Å². The number of ether oxygens (including phenoxy) is 2. The van der Waals surface area contributed by atoms with Crippen molar-refractivity contribution in [3.05, 3.63) is 23.8 Å². The second-order valence-electron chi connectivity index (χ2n) is 5.73.